The predicted molar refractivity (Wildman–Crippen MR) is 123 cm³/mol. The number of carbonyl (C=O) groups is 1. The molecule has 3 fully saturated rings. The van der Waals surface area contributed by atoms with Crippen LogP contribution in [-0.4, -0.2) is 99.7 Å². The fraction of sp³-hybridized carbons (Fsp3) is 0.900. The third kappa shape index (κ3) is 6.73. The lowest BCUT2D eigenvalue weighted by Gasteiger charge is -2.34. The molecule has 8 heteroatoms. The van der Waals surface area contributed by atoms with Crippen molar-refractivity contribution in [3.8, 4) is 0 Å². The molecule has 0 aromatic carbocycles. The Labute approximate surface area is 187 Å². The van der Waals surface area contributed by atoms with Crippen molar-refractivity contribution in [2.45, 2.75) is 38.5 Å². The molecule has 2 aliphatic heterocycles. The summed E-state index contributed by atoms with van der Waals surface area (Å²) in [6.07, 6.45) is 8.08. The molecule has 0 radical (unpaired) electrons. The summed E-state index contributed by atoms with van der Waals surface area (Å²) < 4.78 is 5.42. The van der Waals surface area contributed by atoms with Gasteiger partial charge in [-0.25, -0.2) is 4.99 Å². The number of rotatable bonds is 5. The van der Waals surface area contributed by atoms with E-state index in [0.717, 1.165) is 58.4 Å². The number of amides is 1. The van der Waals surface area contributed by atoms with Crippen LogP contribution in [0.5, 0.6) is 0 Å². The van der Waals surface area contributed by atoms with Crippen molar-refractivity contribution >= 4 is 35.8 Å². The Kier molecular flexibility index (Phi) is 9.76. The van der Waals surface area contributed by atoms with Gasteiger partial charge in [-0.2, -0.15) is 0 Å². The van der Waals surface area contributed by atoms with Crippen LogP contribution < -0.4 is 5.32 Å². The number of halogens is 1. The summed E-state index contributed by atoms with van der Waals surface area (Å²) in [5, 5.41) is 3.55. The first-order valence-electron chi connectivity index (χ1n) is 10.6. The average molecular weight is 507 g/mol. The Hall–Kier alpha value is -0.610. The molecule has 2 saturated heterocycles. The Bertz CT molecular complexity index is 517. The summed E-state index contributed by atoms with van der Waals surface area (Å²) in [5.74, 6) is 0.968. The largest absolute Gasteiger partial charge is 0.379 e. The average Bonchev–Trinajstić information content (AvgIpc) is 3.08. The van der Waals surface area contributed by atoms with Gasteiger partial charge in [-0.3, -0.25) is 9.69 Å². The number of nitrogens with one attached hydrogen (secondary N) is 1. The summed E-state index contributed by atoms with van der Waals surface area (Å²) >= 11 is 0. The van der Waals surface area contributed by atoms with Gasteiger partial charge in [-0.15, -0.1) is 24.0 Å². The van der Waals surface area contributed by atoms with Crippen LogP contribution in [0.15, 0.2) is 4.99 Å². The minimum Gasteiger partial charge on any atom is -0.379 e. The zero-order chi connectivity index (χ0) is 19.1. The number of carbonyl (C=O) groups excluding carboxylic acids is 1. The van der Waals surface area contributed by atoms with Crippen LogP contribution in [-0.2, 0) is 9.53 Å². The Morgan fingerprint density at radius 2 is 1.82 bits per heavy atom. The zero-order valence-corrected chi connectivity index (χ0v) is 20.0. The van der Waals surface area contributed by atoms with Crippen molar-refractivity contribution in [1.82, 2.24) is 20.0 Å². The molecule has 162 valence electrons. The Balaban J connectivity index is 0.00000280. The smallest absolute Gasteiger partial charge is 0.243 e. The maximum absolute atomic E-state index is 12.0. The molecular weight excluding hydrogens is 469 g/mol. The number of ether oxygens (including phenoxy) is 1. The van der Waals surface area contributed by atoms with Crippen LogP contribution in [0.4, 0.5) is 0 Å². The van der Waals surface area contributed by atoms with Gasteiger partial charge in [-0.1, -0.05) is 19.3 Å². The van der Waals surface area contributed by atoms with Gasteiger partial charge in [0.1, 0.15) is 6.54 Å². The molecule has 1 saturated carbocycles. The highest BCUT2D eigenvalue weighted by Gasteiger charge is 2.39. The second-order valence-corrected chi connectivity index (χ2v) is 8.54. The number of morpholine rings is 1. The van der Waals surface area contributed by atoms with Gasteiger partial charge in [0.05, 0.1) is 13.2 Å². The highest BCUT2D eigenvalue weighted by molar-refractivity contribution is 14.0. The molecule has 0 bridgehead atoms. The minimum atomic E-state index is 0. The van der Waals surface area contributed by atoms with E-state index in [4.69, 9.17) is 4.74 Å². The molecule has 7 nitrogen and oxygen atoms in total. The summed E-state index contributed by atoms with van der Waals surface area (Å²) in [6, 6.07) is 0. The van der Waals surface area contributed by atoms with Crippen LogP contribution in [0.3, 0.4) is 0 Å². The molecule has 0 unspecified atom stereocenters. The predicted octanol–water partition coefficient (Wildman–Crippen LogP) is 1.63. The highest BCUT2D eigenvalue weighted by Crippen LogP contribution is 2.43. The molecule has 1 N–H and O–H groups in total. The number of hydrogen-bond donors (Lipinski definition) is 1. The molecule has 28 heavy (non-hydrogen) atoms. The first-order chi connectivity index (χ1) is 13.1. The number of hydrogen-bond acceptors (Lipinski definition) is 4. The second-order valence-electron chi connectivity index (χ2n) is 8.54. The van der Waals surface area contributed by atoms with Crippen molar-refractivity contribution < 1.29 is 9.53 Å². The standard InChI is InChI=1S/C20H37N5O2.HI/c1-23(2)18(26)16-22-19(21-9-11-24-12-14-27-15-13-24)25-10-8-20(17-25)6-4-3-5-7-20;/h3-17H2,1-2H3,(H,21,22);1H. The van der Waals surface area contributed by atoms with Gasteiger partial charge in [0.2, 0.25) is 5.91 Å². The summed E-state index contributed by atoms with van der Waals surface area (Å²) in [6.45, 7) is 7.87. The fourth-order valence-corrected chi connectivity index (χ4v) is 4.53. The normalized spacial score (nSPS) is 22.8. The first-order valence-corrected chi connectivity index (χ1v) is 10.6. The van der Waals surface area contributed by atoms with Gasteiger partial charge in [0.25, 0.3) is 0 Å². The molecule has 3 rings (SSSR count). The van der Waals surface area contributed by atoms with Crippen molar-refractivity contribution in [1.29, 1.82) is 0 Å². The van der Waals surface area contributed by atoms with Crippen molar-refractivity contribution in [2.75, 3.05) is 73.1 Å². The van der Waals surface area contributed by atoms with Gasteiger partial charge >= 0.3 is 0 Å². The lowest BCUT2D eigenvalue weighted by Crippen LogP contribution is -2.46. The van der Waals surface area contributed by atoms with Crippen molar-refractivity contribution in [3.63, 3.8) is 0 Å². The van der Waals surface area contributed by atoms with Crippen LogP contribution in [0, 0.1) is 5.41 Å². The maximum atomic E-state index is 12.0. The van der Waals surface area contributed by atoms with E-state index in [9.17, 15) is 4.79 Å². The molecule has 1 amide bonds. The summed E-state index contributed by atoms with van der Waals surface area (Å²) in [4.78, 5) is 23.1. The van der Waals surface area contributed by atoms with E-state index in [2.05, 4.69) is 20.1 Å². The van der Waals surface area contributed by atoms with E-state index < -0.39 is 0 Å². The lowest BCUT2D eigenvalue weighted by molar-refractivity contribution is -0.127. The summed E-state index contributed by atoms with van der Waals surface area (Å²) in [7, 11) is 3.58. The van der Waals surface area contributed by atoms with E-state index in [1.54, 1.807) is 19.0 Å². The van der Waals surface area contributed by atoms with Crippen LogP contribution in [0.2, 0.25) is 0 Å². The number of guanidine groups is 1. The fourth-order valence-electron chi connectivity index (χ4n) is 4.53. The number of likely N-dealkylation sites (tertiary alicyclic amines) is 1. The van der Waals surface area contributed by atoms with Gasteiger partial charge in [0, 0.05) is 53.4 Å². The Morgan fingerprint density at radius 3 is 2.50 bits per heavy atom. The topological polar surface area (TPSA) is 60.4 Å². The monoisotopic (exact) mass is 507 g/mol. The molecule has 2 heterocycles. The quantitative estimate of drug-likeness (QED) is 0.348. The van der Waals surface area contributed by atoms with Crippen LogP contribution >= 0.6 is 24.0 Å². The second kappa shape index (κ2) is 11.5. The molecule has 0 aromatic heterocycles. The van der Waals surface area contributed by atoms with E-state index in [1.165, 1.54) is 38.5 Å². The molecular formula is C20H38IN5O2. The van der Waals surface area contributed by atoms with Crippen LogP contribution in [0.25, 0.3) is 0 Å². The first kappa shape index (κ1) is 23.7. The molecule has 3 aliphatic rings. The van der Waals surface area contributed by atoms with Crippen molar-refractivity contribution in [2.24, 2.45) is 10.4 Å². The van der Waals surface area contributed by atoms with Gasteiger partial charge in [0.15, 0.2) is 5.96 Å². The molecule has 1 spiro atoms. The van der Waals surface area contributed by atoms with E-state index in [1.807, 2.05) is 0 Å². The molecule has 0 atom stereocenters. The van der Waals surface area contributed by atoms with E-state index >= 15 is 0 Å². The van der Waals surface area contributed by atoms with Crippen LogP contribution in [0.1, 0.15) is 38.5 Å². The van der Waals surface area contributed by atoms with E-state index in [0.29, 0.717) is 5.41 Å². The number of nitrogens with zero attached hydrogens (tertiary/aromatic N) is 4. The molecule has 0 aromatic rings. The van der Waals surface area contributed by atoms with E-state index in [-0.39, 0.29) is 36.4 Å². The van der Waals surface area contributed by atoms with Gasteiger partial charge in [-0.05, 0) is 24.7 Å². The maximum Gasteiger partial charge on any atom is 0.243 e. The number of aliphatic imine (C=N–C) groups is 1. The summed E-state index contributed by atoms with van der Waals surface area (Å²) in [5.41, 5.74) is 0.483. The third-order valence-electron chi connectivity index (χ3n) is 6.33. The van der Waals surface area contributed by atoms with Crippen molar-refractivity contribution in [3.05, 3.63) is 0 Å². The zero-order valence-electron chi connectivity index (χ0n) is 17.6. The SMILES string of the molecule is CN(C)C(=O)CN=C(NCCN1CCOCC1)N1CCC2(CCCCC2)C1.I. The van der Waals surface area contributed by atoms with Gasteiger partial charge < -0.3 is 19.9 Å². The highest BCUT2D eigenvalue weighted by atomic mass is 127. The minimum absolute atomic E-state index is 0. The number of likely N-dealkylation sites (N-methyl/N-ethyl adjacent to an activating group) is 1. The Morgan fingerprint density at radius 1 is 1.11 bits per heavy atom. The molecule has 1 aliphatic carbocycles. The lowest BCUT2D eigenvalue weighted by atomic mass is 9.73. The third-order valence-corrected chi connectivity index (χ3v) is 6.33.